The Morgan fingerprint density at radius 2 is 1.61 bits per heavy atom. The number of sulfonamides is 1. The minimum Gasteiger partial charge on any atom is -0.604 e. The molecule has 7 rings (SSSR count). The molecule has 14 nitrogen and oxygen atoms in total. The van der Waals surface area contributed by atoms with E-state index in [2.05, 4.69) is 56.0 Å². The molecular formula is C51H61ClF3N9O5S3. The molecule has 0 aromatic heterocycles. The zero-order chi connectivity index (χ0) is 51.5. The van der Waals surface area contributed by atoms with Gasteiger partial charge in [0.2, 0.25) is 5.91 Å². The van der Waals surface area contributed by atoms with Crippen molar-refractivity contribution >= 4 is 73.3 Å². The van der Waals surface area contributed by atoms with Crippen LogP contribution in [0.1, 0.15) is 68.3 Å². The maximum Gasteiger partial charge on any atom is 0.578 e. The van der Waals surface area contributed by atoms with Crippen molar-refractivity contribution in [2.75, 3.05) is 88.0 Å². The Kier molecular flexibility index (Phi) is 18.9. The van der Waals surface area contributed by atoms with Crippen molar-refractivity contribution in [3.8, 4) is 0 Å². The average Bonchev–Trinajstić information content (AvgIpc) is 3.36. The van der Waals surface area contributed by atoms with Crippen LogP contribution in [0.2, 0.25) is 5.02 Å². The highest BCUT2D eigenvalue weighted by Crippen LogP contribution is 2.43. The second kappa shape index (κ2) is 24.9. The van der Waals surface area contributed by atoms with Gasteiger partial charge in [-0.15, -0.1) is 24.9 Å². The minimum atomic E-state index is -5.23. The summed E-state index contributed by atoms with van der Waals surface area (Å²) in [5, 5.41) is 7.34. The molecule has 1 aliphatic carbocycles. The molecule has 386 valence electrons. The molecule has 2 saturated heterocycles. The molecule has 3 aliphatic rings. The second-order valence-corrected chi connectivity index (χ2v) is 23.7. The molecule has 2 fully saturated rings. The molecule has 2 N–H and O–H groups in total. The van der Waals surface area contributed by atoms with E-state index in [9.17, 15) is 35.7 Å². The number of nitrogens with one attached hydrogen (secondary N) is 2. The van der Waals surface area contributed by atoms with Gasteiger partial charge >= 0.3 is 5.51 Å². The number of hydrogen-bond donors (Lipinski definition) is 2. The van der Waals surface area contributed by atoms with Crippen molar-refractivity contribution in [3.63, 3.8) is 0 Å². The van der Waals surface area contributed by atoms with Gasteiger partial charge in [-0.05, 0) is 115 Å². The van der Waals surface area contributed by atoms with Crippen molar-refractivity contribution < 1.29 is 35.7 Å². The molecule has 0 saturated carbocycles. The maximum atomic E-state index is 14.2. The predicted molar refractivity (Wildman–Crippen MR) is 280 cm³/mol. The lowest BCUT2D eigenvalue weighted by Crippen LogP contribution is -2.49. The first-order valence-corrected chi connectivity index (χ1v) is 28.1. The fraction of sp³-hybridized carbons (Fsp3) is 0.451. The quantitative estimate of drug-likeness (QED) is 0.0216. The summed E-state index contributed by atoms with van der Waals surface area (Å²) < 4.78 is 85.2. The van der Waals surface area contributed by atoms with E-state index in [0.717, 1.165) is 74.7 Å². The number of carbonyl (C=O) groups is 2. The molecule has 72 heavy (non-hydrogen) atoms. The fourth-order valence-electron chi connectivity index (χ4n) is 9.32. The highest BCUT2D eigenvalue weighted by atomic mass is 35.5. The number of piperazine rings is 2. The molecule has 21 heteroatoms. The largest absolute Gasteiger partial charge is 0.604 e. The van der Waals surface area contributed by atoms with Crippen molar-refractivity contribution in [3.05, 3.63) is 129 Å². The zero-order valence-corrected chi connectivity index (χ0v) is 43.7. The smallest absolute Gasteiger partial charge is 0.578 e. The number of amides is 2. The molecule has 4 aromatic carbocycles. The second-order valence-electron chi connectivity index (χ2n) is 19.1. The highest BCUT2D eigenvalue weighted by molar-refractivity contribution is 7.99. The van der Waals surface area contributed by atoms with Crippen LogP contribution in [0, 0.1) is 5.41 Å². The number of allylic oxidation sites excluding steroid dienone is 1. The standard InChI is InChI=1S/C51H61ClF3N9O5S3/c1-50(2)22-20-45(37-10-14-40(52)15-11-37)39(34-50)35-62-27-29-63(30-28-62)42-16-12-38(13-17-42)49(66)59-72(68,69)44-18-19-46(47(33-44)71(67)51(53,54)55)58-41(36-70-43-7-4-3-5-8-43)21-24-61-25-31-64(32-26-61)48(65)9-6-23-57-60-56/h3-5,7-8,10-19,33,41,58H,6,9,20-32,34-36H2,1-2H3,(H,59,66)/t41-,71?/m1/s1. The Balaban J connectivity index is 0.983. The van der Waals surface area contributed by atoms with Crippen LogP contribution in [-0.4, -0.2) is 129 Å². The summed E-state index contributed by atoms with van der Waals surface area (Å²) in [6.07, 6.45) is 4.34. The third-order valence-corrected chi connectivity index (χ3v) is 17.2. The molecule has 0 spiro atoms. The summed E-state index contributed by atoms with van der Waals surface area (Å²) >= 11 is 4.04. The number of azide groups is 1. The summed E-state index contributed by atoms with van der Waals surface area (Å²) in [6.45, 7) is 11.6. The van der Waals surface area contributed by atoms with Crippen LogP contribution in [0.4, 0.5) is 24.5 Å². The van der Waals surface area contributed by atoms with Gasteiger partial charge in [-0.25, -0.2) is 13.1 Å². The maximum absolute atomic E-state index is 14.2. The Bertz CT molecular complexity index is 2680. The molecule has 0 bridgehead atoms. The van der Waals surface area contributed by atoms with Crippen LogP contribution >= 0.6 is 23.4 Å². The highest BCUT2D eigenvalue weighted by Gasteiger charge is 2.48. The van der Waals surface area contributed by atoms with Crippen LogP contribution in [0.5, 0.6) is 0 Å². The lowest BCUT2D eigenvalue weighted by Gasteiger charge is -2.39. The fourth-order valence-corrected chi connectivity index (χ4v) is 12.3. The Labute approximate surface area is 432 Å². The van der Waals surface area contributed by atoms with Crippen LogP contribution in [0.25, 0.3) is 16.0 Å². The van der Waals surface area contributed by atoms with Crippen LogP contribution in [-0.2, 0) is 26.0 Å². The number of thioether (sulfide) groups is 1. The van der Waals surface area contributed by atoms with Gasteiger partial charge in [0.1, 0.15) is 11.2 Å². The van der Waals surface area contributed by atoms with E-state index in [0.29, 0.717) is 62.4 Å². The van der Waals surface area contributed by atoms with E-state index < -0.39 is 48.4 Å². The van der Waals surface area contributed by atoms with E-state index in [1.807, 2.05) is 47.2 Å². The van der Waals surface area contributed by atoms with Gasteiger partial charge in [-0.1, -0.05) is 66.5 Å². The van der Waals surface area contributed by atoms with Gasteiger partial charge in [-0.3, -0.25) is 19.4 Å². The van der Waals surface area contributed by atoms with E-state index >= 15 is 0 Å². The first-order valence-electron chi connectivity index (χ1n) is 24.1. The Morgan fingerprint density at radius 1 is 0.931 bits per heavy atom. The summed E-state index contributed by atoms with van der Waals surface area (Å²) in [6, 6.07) is 26.5. The number of anilines is 2. The van der Waals surface area contributed by atoms with Gasteiger partial charge in [0.15, 0.2) is 4.90 Å². The van der Waals surface area contributed by atoms with Crippen molar-refractivity contribution in [2.45, 2.75) is 78.6 Å². The number of hydrogen-bond acceptors (Lipinski definition) is 11. The third kappa shape index (κ3) is 15.3. The summed E-state index contributed by atoms with van der Waals surface area (Å²) in [7, 11) is -4.74. The van der Waals surface area contributed by atoms with E-state index in [1.165, 1.54) is 40.6 Å². The summed E-state index contributed by atoms with van der Waals surface area (Å²) in [4.78, 5) is 36.9. The van der Waals surface area contributed by atoms with E-state index in [-0.39, 0.29) is 35.5 Å². The Hall–Kier alpha value is -4.92. The number of benzene rings is 4. The number of nitrogens with zero attached hydrogens (tertiary/aromatic N) is 7. The monoisotopic (exact) mass is 1070 g/mol. The molecule has 2 atom stereocenters. The SMILES string of the molecule is CC1(C)CCC(c2ccc(Cl)cc2)=C(CN2CCN(c3ccc(C(=O)NS(=O)(=O)c4ccc(N[C@H](CCN5CCN(C(=O)CCCN=[N+]=[N-])CC5)CSc5ccccc5)c([S+]([O-])C(F)(F)F)c4)cc3)CC2)C1. The molecule has 2 aliphatic heterocycles. The molecule has 2 heterocycles. The number of carbonyl (C=O) groups excluding carboxylic acids is 2. The number of halogens is 4. The van der Waals surface area contributed by atoms with E-state index in [4.69, 9.17) is 17.1 Å². The third-order valence-electron chi connectivity index (χ3n) is 13.3. The molecule has 0 radical (unpaired) electrons. The molecular weight excluding hydrogens is 1010 g/mol. The summed E-state index contributed by atoms with van der Waals surface area (Å²) in [5.41, 5.74) is 8.30. The van der Waals surface area contributed by atoms with Gasteiger partial charge in [0.05, 0.1) is 10.6 Å². The first kappa shape index (κ1) is 54.8. The zero-order valence-electron chi connectivity index (χ0n) is 40.5. The van der Waals surface area contributed by atoms with Crippen LogP contribution in [0.3, 0.4) is 0 Å². The number of rotatable bonds is 20. The van der Waals surface area contributed by atoms with Crippen LogP contribution in [0.15, 0.2) is 122 Å². The molecule has 4 aromatic rings. The topological polar surface area (TPSA) is 177 Å². The normalized spacial score (nSPS) is 17.8. The lowest BCUT2D eigenvalue weighted by atomic mass is 9.73. The Morgan fingerprint density at radius 3 is 2.28 bits per heavy atom. The van der Waals surface area contributed by atoms with Crippen molar-refractivity contribution in [2.24, 2.45) is 10.5 Å². The molecule has 2 amide bonds. The van der Waals surface area contributed by atoms with Crippen molar-refractivity contribution in [1.82, 2.24) is 19.4 Å². The van der Waals surface area contributed by atoms with Gasteiger partial charge < -0.3 is 19.7 Å². The lowest BCUT2D eigenvalue weighted by molar-refractivity contribution is -0.133. The van der Waals surface area contributed by atoms with Crippen LogP contribution < -0.4 is 14.9 Å². The first-order chi connectivity index (χ1) is 34.4. The van der Waals surface area contributed by atoms with Gasteiger partial charge in [0, 0.05) is 122 Å². The number of alkyl halides is 3. The minimum absolute atomic E-state index is 0.0239. The van der Waals surface area contributed by atoms with Crippen molar-refractivity contribution in [1.29, 1.82) is 0 Å². The predicted octanol–water partition coefficient (Wildman–Crippen LogP) is 10.1. The molecule has 1 unspecified atom stereocenters. The van der Waals surface area contributed by atoms with Gasteiger partial charge in [-0.2, -0.15) is 0 Å². The van der Waals surface area contributed by atoms with Gasteiger partial charge in [0.25, 0.3) is 15.9 Å². The average molecular weight is 1070 g/mol. The van der Waals surface area contributed by atoms with E-state index in [1.54, 1.807) is 17.0 Å². The summed E-state index contributed by atoms with van der Waals surface area (Å²) in [5.74, 6) is -0.592.